The number of rotatable bonds is 3. The number of morpholine rings is 1. The number of carbonyl (C=O) groups excluding carboxylic acids is 1. The van der Waals surface area contributed by atoms with Crippen molar-refractivity contribution in [2.45, 2.75) is 6.92 Å². The molecule has 1 amide bonds. The van der Waals surface area contributed by atoms with Crippen molar-refractivity contribution in [1.82, 2.24) is 15.1 Å². The number of ether oxygens (including phenoxy) is 1. The Balaban J connectivity index is 1.82. The maximum Gasteiger partial charge on any atom is 0.238 e. The van der Waals surface area contributed by atoms with E-state index in [1.807, 2.05) is 6.92 Å². The van der Waals surface area contributed by atoms with Crippen LogP contribution in [-0.4, -0.2) is 53.9 Å². The molecule has 16 heavy (non-hydrogen) atoms. The van der Waals surface area contributed by atoms with Gasteiger partial charge in [-0.3, -0.25) is 14.8 Å². The molecule has 1 saturated heterocycles. The first-order chi connectivity index (χ1) is 7.75. The van der Waals surface area contributed by atoms with Gasteiger partial charge < -0.3 is 10.1 Å². The van der Waals surface area contributed by atoms with Crippen LogP contribution in [-0.2, 0) is 9.53 Å². The lowest BCUT2D eigenvalue weighted by Crippen LogP contribution is -2.41. The minimum absolute atomic E-state index is 0.00796. The Hall–Kier alpha value is -1.40. The number of aromatic nitrogens is 2. The minimum atomic E-state index is -0.00796. The van der Waals surface area contributed by atoms with Crippen LogP contribution in [0.2, 0.25) is 0 Å². The zero-order valence-electron chi connectivity index (χ0n) is 9.32. The standard InChI is InChI=1S/C10H16N4O2/c1-8-9(6-11-13-8)12-10(15)7-14-2-4-16-5-3-14/h6H,2-5,7H2,1H3,(H,11,13)(H,12,15). The van der Waals surface area contributed by atoms with E-state index in [-0.39, 0.29) is 5.91 Å². The van der Waals surface area contributed by atoms with E-state index < -0.39 is 0 Å². The number of H-pyrrole nitrogens is 1. The maximum absolute atomic E-state index is 11.7. The summed E-state index contributed by atoms with van der Waals surface area (Å²) in [5.74, 6) is -0.00796. The van der Waals surface area contributed by atoms with Crippen molar-refractivity contribution < 1.29 is 9.53 Å². The second kappa shape index (κ2) is 5.09. The molecule has 1 aromatic heterocycles. The van der Waals surface area contributed by atoms with Crippen LogP contribution in [0.4, 0.5) is 5.69 Å². The van der Waals surface area contributed by atoms with Crippen LogP contribution >= 0.6 is 0 Å². The summed E-state index contributed by atoms with van der Waals surface area (Å²) >= 11 is 0. The number of aromatic amines is 1. The van der Waals surface area contributed by atoms with Gasteiger partial charge in [-0.1, -0.05) is 0 Å². The van der Waals surface area contributed by atoms with E-state index in [2.05, 4.69) is 20.4 Å². The van der Waals surface area contributed by atoms with Crippen molar-refractivity contribution in [3.8, 4) is 0 Å². The Kier molecular flexibility index (Phi) is 3.53. The maximum atomic E-state index is 11.7. The molecule has 1 aromatic rings. The average Bonchev–Trinajstić information content (AvgIpc) is 2.66. The molecule has 0 radical (unpaired) electrons. The second-order valence-electron chi connectivity index (χ2n) is 3.85. The summed E-state index contributed by atoms with van der Waals surface area (Å²) < 4.78 is 5.22. The normalized spacial score (nSPS) is 17.3. The lowest BCUT2D eigenvalue weighted by molar-refractivity contribution is -0.118. The van der Waals surface area contributed by atoms with Crippen molar-refractivity contribution in [2.75, 3.05) is 38.2 Å². The molecule has 2 N–H and O–H groups in total. The predicted octanol–water partition coefficient (Wildman–Crippen LogP) is -0.0112. The van der Waals surface area contributed by atoms with Gasteiger partial charge in [-0.25, -0.2) is 0 Å². The van der Waals surface area contributed by atoms with Crippen molar-refractivity contribution in [1.29, 1.82) is 0 Å². The molecule has 2 rings (SSSR count). The molecule has 0 spiro atoms. The lowest BCUT2D eigenvalue weighted by atomic mass is 10.3. The quantitative estimate of drug-likeness (QED) is 0.757. The molecule has 6 heteroatoms. The first-order valence-electron chi connectivity index (χ1n) is 5.35. The summed E-state index contributed by atoms with van der Waals surface area (Å²) in [6, 6.07) is 0. The lowest BCUT2D eigenvalue weighted by Gasteiger charge is -2.25. The van der Waals surface area contributed by atoms with E-state index >= 15 is 0 Å². The number of nitrogens with one attached hydrogen (secondary N) is 2. The molecule has 0 bridgehead atoms. The van der Waals surface area contributed by atoms with Gasteiger partial charge in [0.15, 0.2) is 0 Å². The summed E-state index contributed by atoms with van der Waals surface area (Å²) in [6.07, 6.45) is 1.62. The topological polar surface area (TPSA) is 70.2 Å². The largest absolute Gasteiger partial charge is 0.379 e. The number of hydrogen-bond donors (Lipinski definition) is 2. The van der Waals surface area contributed by atoms with Crippen LogP contribution in [0.15, 0.2) is 6.20 Å². The first kappa shape index (κ1) is 11.1. The average molecular weight is 224 g/mol. The SMILES string of the molecule is Cc1[nH]ncc1NC(=O)CN1CCOCC1. The molecule has 88 valence electrons. The molecule has 0 saturated carbocycles. The fourth-order valence-electron chi connectivity index (χ4n) is 1.63. The number of anilines is 1. The highest BCUT2D eigenvalue weighted by Gasteiger charge is 2.14. The molecule has 1 fully saturated rings. The summed E-state index contributed by atoms with van der Waals surface area (Å²) in [5, 5.41) is 9.45. The van der Waals surface area contributed by atoms with Crippen molar-refractivity contribution >= 4 is 11.6 Å². The van der Waals surface area contributed by atoms with Gasteiger partial charge in [0.05, 0.1) is 37.3 Å². The van der Waals surface area contributed by atoms with Gasteiger partial charge in [0.2, 0.25) is 5.91 Å². The molecule has 0 atom stereocenters. The Labute approximate surface area is 94.0 Å². The van der Waals surface area contributed by atoms with E-state index in [9.17, 15) is 4.79 Å². The van der Waals surface area contributed by atoms with Crippen LogP contribution in [0.25, 0.3) is 0 Å². The van der Waals surface area contributed by atoms with Crippen LogP contribution in [0.1, 0.15) is 5.69 Å². The highest BCUT2D eigenvalue weighted by molar-refractivity contribution is 5.92. The zero-order valence-corrected chi connectivity index (χ0v) is 9.32. The predicted molar refractivity (Wildman–Crippen MR) is 59.2 cm³/mol. The third-order valence-corrected chi connectivity index (χ3v) is 2.57. The van der Waals surface area contributed by atoms with Gasteiger partial charge in [-0.15, -0.1) is 0 Å². The molecule has 0 aliphatic carbocycles. The summed E-state index contributed by atoms with van der Waals surface area (Å²) in [4.78, 5) is 13.8. The zero-order chi connectivity index (χ0) is 11.4. The van der Waals surface area contributed by atoms with Gasteiger partial charge in [0.25, 0.3) is 0 Å². The molecule has 0 aromatic carbocycles. The fourth-order valence-corrected chi connectivity index (χ4v) is 1.63. The van der Waals surface area contributed by atoms with Gasteiger partial charge in [0, 0.05) is 13.1 Å². The molecule has 0 unspecified atom stereocenters. The molecular weight excluding hydrogens is 208 g/mol. The van der Waals surface area contributed by atoms with Crippen LogP contribution in [0, 0.1) is 6.92 Å². The molecule has 6 nitrogen and oxygen atoms in total. The summed E-state index contributed by atoms with van der Waals surface area (Å²) in [7, 11) is 0. The van der Waals surface area contributed by atoms with E-state index in [1.54, 1.807) is 6.20 Å². The van der Waals surface area contributed by atoms with Crippen molar-refractivity contribution in [2.24, 2.45) is 0 Å². The highest BCUT2D eigenvalue weighted by Crippen LogP contribution is 2.09. The number of carbonyl (C=O) groups is 1. The van der Waals surface area contributed by atoms with Crippen LogP contribution in [0.5, 0.6) is 0 Å². The molecular formula is C10H16N4O2. The van der Waals surface area contributed by atoms with E-state index in [1.165, 1.54) is 0 Å². The van der Waals surface area contributed by atoms with E-state index in [4.69, 9.17) is 4.74 Å². The summed E-state index contributed by atoms with van der Waals surface area (Å²) in [5.41, 5.74) is 1.62. The van der Waals surface area contributed by atoms with E-state index in [0.29, 0.717) is 19.8 Å². The number of hydrogen-bond acceptors (Lipinski definition) is 4. The smallest absolute Gasteiger partial charge is 0.238 e. The Morgan fingerprint density at radius 2 is 2.38 bits per heavy atom. The Morgan fingerprint density at radius 3 is 3.00 bits per heavy atom. The summed E-state index contributed by atoms with van der Waals surface area (Å²) in [6.45, 7) is 5.33. The first-order valence-corrected chi connectivity index (χ1v) is 5.35. The fraction of sp³-hybridized carbons (Fsp3) is 0.600. The van der Waals surface area contributed by atoms with Gasteiger partial charge >= 0.3 is 0 Å². The Bertz CT molecular complexity index is 357. The third-order valence-electron chi connectivity index (χ3n) is 2.57. The number of nitrogens with zero attached hydrogens (tertiary/aromatic N) is 2. The second-order valence-corrected chi connectivity index (χ2v) is 3.85. The van der Waals surface area contributed by atoms with Crippen molar-refractivity contribution in [3.05, 3.63) is 11.9 Å². The van der Waals surface area contributed by atoms with Crippen LogP contribution in [0.3, 0.4) is 0 Å². The minimum Gasteiger partial charge on any atom is -0.379 e. The monoisotopic (exact) mass is 224 g/mol. The highest BCUT2D eigenvalue weighted by atomic mass is 16.5. The van der Waals surface area contributed by atoms with Gasteiger partial charge in [-0.2, -0.15) is 5.10 Å². The van der Waals surface area contributed by atoms with Gasteiger partial charge in [-0.05, 0) is 6.92 Å². The molecule has 1 aliphatic rings. The van der Waals surface area contributed by atoms with Gasteiger partial charge in [0.1, 0.15) is 0 Å². The Morgan fingerprint density at radius 1 is 1.62 bits per heavy atom. The number of aryl methyl sites for hydroxylation is 1. The number of amides is 1. The van der Waals surface area contributed by atoms with Crippen molar-refractivity contribution in [3.63, 3.8) is 0 Å². The third kappa shape index (κ3) is 2.80. The van der Waals surface area contributed by atoms with Crippen LogP contribution < -0.4 is 5.32 Å². The van der Waals surface area contributed by atoms with E-state index in [0.717, 1.165) is 24.5 Å². The molecule has 2 heterocycles. The molecule has 1 aliphatic heterocycles.